The molecule has 21 heavy (non-hydrogen) atoms. The van der Waals surface area contributed by atoms with Crippen molar-refractivity contribution in [1.29, 1.82) is 0 Å². The van der Waals surface area contributed by atoms with Gasteiger partial charge in [0.25, 0.3) is 5.91 Å². The Morgan fingerprint density at radius 2 is 1.90 bits per heavy atom. The Bertz CT molecular complexity index is 524. The predicted octanol–water partition coefficient (Wildman–Crippen LogP) is 3.27. The summed E-state index contributed by atoms with van der Waals surface area (Å²) in [7, 11) is 0. The van der Waals surface area contributed by atoms with Gasteiger partial charge in [0.05, 0.1) is 4.92 Å². The minimum Gasteiger partial charge on any atom is -0.477 e. The highest BCUT2D eigenvalue weighted by molar-refractivity contribution is 6.30. The fourth-order valence-corrected chi connectivity index (χ4v) is 2.31. The highest BCUT2D eigenvalue weighted by Crippen LogP contribution is 2.29. The molecule has 0 atom stereocenters. The molecule has 0 radical (unpaired) electrons. The fraction of sp³-hybridized carbons (Fsp3) is 0.500. The van der Waals surface area contributed by atoms with E-state index < -0.39 is 4.92 Å². The normalized spacial score (nSPS) is 10.8. The maximum Gasteiger partial charge on any atom is 0.312 e. The van der Waals surface area contributed by atoms with E-state index in [9.17, 15) is 14.9 Å². The molecule has 0 aliphatic carbocycles. The van der Waals surface area contributed by atoms with E-state index in [0.29, 0.717) is 0 Å². The first kappa shape index (κ1) is 17.2. The molecule has 0 fully saturated rings. The van der Waals surface area contributed by atoms with Crippen molar-refractivity contribution in [3.63, 3.8) is 0 Å². The number of hydrogen-bond donors (Lipinski definition) is 0. The number of benzene rings is 1. The van der Waals surface area contributed by atoms with Crippen LogP contribution in [-0.2, 0) is 4.79 Å². The maximum absolute atomic E-state index is 12.2. The van der Waals surface area contributed by atoms with Crippen LogP contribution in [0.1, 0.15) is 27.7 Å². The molecule has 1 aromatic rings. The Morgan fingerprint density at radius 3 is 2.38 bits per heavy atom. The van der Waals surface area contributed by atoms with E-state index in [2.05, 4.69) is 0 Å². The number of carbonyl (C=O) groups is 1. The van der Waals surface area contributed by atoms with Gasteiger partial charge in [0.15, 0.2) is 12.4 Å². The third-order valence-electron chi connectivity index (χ3n) is 2.87. The van der Waals surface area contributed by atoms with Gasteiger partial charge in [0.1, 0.15) is 0 Å². The minimum absolute atomic E-state index is 0.0290. The van der Waals surface area contributed by atoms with Crippen molar-refractivity contribution in [2.45, 2.75) is 39.8 Å². The molecule has 1 amide bonds. The second-order valence-corrected chi connectivity index (χ2v) is 5.58. The molecule has 1 rings (SSSR count). The minimum atomic E-state index is -0.589. The van der Waals surface area contributed by atoms with Gasteiger partial charge in [-0.25, -0.2) is 0 Å². The summed E-state index contributed by atoms with van der Waals surface area (Å²) in [6.45, 7) is 7.37. The Morgan fingerprint density at radius 1 is 1.33 bits per heavy atom. The lowest BCUT2D eigenvalue weighted by Crippen LogP contribution is -2.44. The molecular formula is C14H19ClN2O4. The van der Waals surface area contributed by atoms with Crippen molar-refractivity contribution in [2.75, 3.05) is 6.61 Å². The molecule has 0 aliphatic rings. The molecular weight excluding hydrogens is 296 g/mol. The first-order valence-corrected chi connectivity index (χ1v) is 6.99. The summed E-state index contributed by atoms with van der Waals surface area (Å²) >= 11 is 5.72. The molecule has 7 heteroatoms. The van der Waals surface area contributed by atoms with E-state index in [0.717, 1.165) is 0 Å². The van der Waals surface area contributed by atoms with E-state index in [1.807, 2.05) is 27.7 Å². The molecule has 0 aromatic heterocycles. The molecule has 6 nitrogen and oxygen atoms in total. The van der Waals surface area contributed by atoms with Gasteiger partial charge < -0.3 is 9.64 Å². The summed E-state index contributed by atoms with van der Waals surface area (Å²) in [5.74, 6) is -0.186. The van der Waals surface area contributed by atoms with E-state index in [-0.39, 0.29) is 41.1 Å². The highest BCUT2D eigenvalue weighted by atomic mass is 35.5. The van der Waals surface area contributed by atoms with Gasteiger partial charge in [0.2, 0.25) is 0 Å². The van der Waals surface area contributed by atoms with Crippen LogP contribution in [0.15, 0.2) is 18.2 Å². The van der Waals surface area contributed by atoms with Gasteiger partial charge in [-0.3, -0.25) is 14.9 Å². The third kappa shape index (κ3) is 4.60. The van der Waals surface area contributed by atoms with Crippen LogP contribution < -0.4 is 4.74 Å². The highest BCUT2D eigenvalue weighted by Gasteiger charge is 2.22. The predicted molar refractivity (Wildman–Crippen MR) is 80.7 cm³/mol. The molecule has 0 heterocycles. The van der Waals surface area contributed by atoms with E-state index in [4.69, 9.17) is 16.3 Å². The average molecular weight is 315 g/mol. The third-order valence-corrected chi connectivity index (χ3v) is 3.10. The van der Waals surface area contributed by atoms with Crippen molar-refractivity contribution in [1.82, 2.24) is 4.90 Å². The number of rotatable bonds is 6. The van der Waals surface area contributed by atoms with Gasteiger partial charge in [-0.15, -0.1) is 0 Å². The fourth-order valence-electron chi connectivity index (χ4n) is 2.14. The average Bonchev–Trinajstić information content (AvgIpc) is 2.36. The smallest absolute Gasteiger partial charge is 0.312 e. The first-order valence-electron chi connectivity index (χ1n) is 6.62. The van der Waals surface area contributed by atoms with Crippen LogP contribution in [0.2, 0.25) is 5.02 Å². The number of nitrogens with zero attached hydrogens (tertiary/aromatic N) is 2. The van der Waals surface area contributed by atoms with Crippen molar-refractivity contribution in [2.24, 2.45) is 0 Å². The quantitative estimate of drug-likeness (QED) is 0.596. The molecule has 0 bridgehead atoms. The SMILES string of the molecule is CC(C)N(C(=O)COc1ccc(Cl)cc1[N+](=O)[O-])C(C)C. The van der Waals surface area contributed by atoms with Gasteiger partial charge in [-0.1, -0.05) is 11.6 Å². The second kappa shape index (κ2) is 7.26. The molecule has 0 aliphatic heterocycles. The van der Waals surface area contributed by atoms with Crippen LogP contribution in [0.5, 0.6) is 5.75 Å². The molecule has 0 N–H and O–H groups in total. The number of ether oxygens (including phenoxy) is 1. The molecule has 0 saturated carbocycles. The number of nitro benzene ring substituents is 1. The Balaban J connectivity index is 2.84. The van der Waals surface area contributed by atoms with Gasteiger partial charge in [-0.2, -0.15) is 0 Å². The molecule has 0 spiro atoms. The van der Waals surface area contributed by atoms with Crippen molar-refractivity contribution < 1.29 is 14.5 Å². The zero-order valence-electron chi connectivity index (χ0n) is 12.5. The lowest BCUT2D eigenvalue weighted by molar-refractivity contribution is -0.385. The summed E-state index contributed by atoms with van der Waals surface area (Å²) in [6.07, 6.45) is 0. The van der Waals surface area contributed by atoms with Crippen molar-refractivity contribution in [3.8, 4) is 5.75 Å². The van der Waals surface area contributed by atoms with Crippen molar-refractivity contribution >= 4 is 23.2 Å². The number of nitro groups is 1. The lowest BCUT2D eigenvalue weighted by atomic mass is 10.2. The van der Waals surface area contributed by atoms with Gasteiger partial charge in [0, 0.05) is 23.2 Å². The van der Waals surface area contributed by atoms with E-state index in [1.165, 1.54) is 18.2 Å². The van der Waals surface area contributed by atoms with Gasteiger partial charge in [-0.05, 0) is 39.8 Å². The standard InChI is InChI=1S/C14H19ClN2O4/c1-9(2)16(10(3)4)14(18)8-21-13-6-5-11(15)7-12(13)17(19)20/h5-7,9-10H,8H2,1-4H3. The molecule has 0 saturated heterocycles. The largest absolute Gasteiger partial charge is 0.477 e. The molecule has 116 valence electrons. The topological polar surface area (TPSA) is 72.7 Å². The Hall–Kier alpha value is -1.82. The summed E-state index contributed by atoms with van der Waals surface area (Å²) in [5, 5.41) is 11.2. The summed E-state index contributed by atoms with van der Waals surface area (Å²) < 4.78 is 5.31. The van der Waals surface area contributed by atoms with Gasteiger partial charge >= 0.3 is 5.69 Å². The van der Waals surface area contributed by atoms with Crippen LogP contribution in [0, 0.1) is 10.1 Å². The number of halogens is 1. The van der Waals surface area contributed by atoms with E-state index >= 15 is 0 Å². The summed E-state index contributed by atoms with van der Waals surface area (Å²) in [4.78, 5) is 24.2. The Kier molecular flexibility index (Phi) is 5.96. The van der Waals surface area contributed by atoms with Crippen LogP contribution in [0.25, 0.3) is 0 Å². The zero-order chi connectivity index (χ0) is 16.2. The Labute approximate surface area is 128 Å². The second-order valence-electron chi connectivity index (χ2n) is 5.15. The molecule has 1 aromatic carbocycles. The first-order chi connectivity index (χ1) is 9.73. The number of carbonyl (C=O) groups excluding carboxylic acids is 1. The van der Waals surface area contributed by atoms with Crippen molar-refractivity contribution in [3.05, 3.63) is 33.3 Å². The summed E-state index contributed by atoms with van der Waals surface area (Å²) in [6, 6.07) is 4.13. The lowest BCUT2D eigenvalue weighted by Gasteiger charge is -2.30. The van der Waals surface area contributed by atoms with E-state index in [1.54, 1.807) is 4.90 Å². The number of hydrogen-bond acceptors (Lipinski definition) is 4. The van der Waals surface area contributed by atoms with Crippen LogP contribution >= 0.6 is 11.6 Å². The van der Waals surface area contributed by atoms with Crippen LogP contribution in [-0.4, -0.2) is 34.4 Å². The van der Waals surface area contributed by atoms with Crippen LogP contribution in [0.4, 0.5) is 5.69 Å². The monoisotopic (exact) mass is 314 g/mol. The zero-order valence-corrected chi connectivity index (χ0v) is 13.3. The van der Waals surface area contributed by atoms with Crippen LogP contribution in [0.3, 0.4) is 0 Å². The molecule has 0 unspecified atom stereocenters. The maximum atomic E-state index is 12.2. The summed E-state index contributed by atoms with van der Waals surface area (Å²) in [5.41, 5.74) is -0.254. The number of amides is 1.